The SMILES string of the molecule is C1=CC(Oc2cccc(N3CCCC3)c2)=CCC1.O. The fourth-order valence-corrected chi connectivity index (χ4v) is 2.52. The van der Waals surface area contributed by atoms with Crippen LogP contribution in [0.15, 0.2) is 48.3 Å². The summed E-state index contributed by atoms with van der Waals surface area (Å²) in [4.78, 5) is 2.43. The van der Waals surface area contributed by atoms with Gasteiger partial charge in [-0.05, 0) is 50.0 Å². The van der Waals surface area contributed by atoms with Gasteiger partial charge in [-0.2, -0.15) is 0 Å². The Morgan fingerprint density at radius 2 is 1.89 bits per heavy atom. The van der Waals surface area contributed by atoms with Crippen molar-refractivity contribution in [3.63, 3.8) is 0 Å². The van der Waals surface area contributed by atoms with Crippen LogP contribution in [-0.2, 0) is 0 Å². The van der Waals surface area contributed by atoms with Gasteiger partial charge in [0.2, 0.25) is 0 Å². The van der Waals surface area contributed by atoms with Crippen molar-refractivity contribution in [2.24, 2.45) is 0 Å². The molecule has 0 spiro atoms. The van der Waals surface area contributed by atoms with Gasteiger partial charge in [0.15, 0.2) is 0 Å². The molecule has 0 saturated carbocycles. The zero-order valence-corrected chi connectivity index (χ0v) is 11.1. The van der Waals surface area contributed by atoms with Crippen molar-refractivity contribution in [2.45, 2.75) is 25.7 Å². The number of hydrogen-bond donors (Lipinski definition) is 0. The van der Waals surface area contributed by atoms with Crippen LogP contribution in [0.4, 0.5) is 5.69 Å². The maximum atomic E-state index is 5.90. The van der Waals surface area contributed by atoms with Gasteiger partial charge >= 0.3 is 0 Å². The van der Waals surface area contributed by atoms with E-state index in [1.165, 1.54) is 31.6 Å². The van der Waals surface area contributed by atoms with E-state index in [-0.39, 0.29) is 5.48 Å². The first kappa shape index (κ1) is 13.7. The Hall–Kier alpha value is -1.74. The number of ether oxygens (including phenoxy) is 1. The molecule has 1 aromatic rings. The molecule has 0 atom stereocenters. The van der Waals surface area contributed by atoms with Crippen LogP contribution >= 0.6 is 0 Å². The fourth-order valence-electron chi connectivity index (χ4n) is 2.52. The monoisotopic (exact) mass is 259 g/mol. The van der Waals surface area contributed by atoms with E-state index in [4.69, 9.17) is 4.74 Å². The minimum absolute atomic E-state index is 0. The van der Waals surface area contributed by atoms with Gasteiger partial charge in [0.25, 0.3) is 0 Å². The highest BCUT2D eigenvalue weighted by atomic mass is 16.5. The second-order valence-corrected chi connectivity index (χ2v) is 4.88. The highest BCUT2D eigenvalue weighted by Crippen LogP contribution is 2.26. The summed E-state index contributed by atoms with van der Waals surface area (Å²) in [6.45, 7) is 2.35. The van der Waals surface area contributed by atoms with E-state index in [2.05, 4.69) is 41.3 Å². The molecule has 0 amide bonds. The van der Waals surface area contributed by atoms with Crippen LogP contribution in [-0.4, -0.2) is 18.6 Å². The summed E-state index contributed by atoms with van der Waals surface area (Å²) >= 11 is 0. The Balaban J connectivity index is 0.00000133. The van der Waals surface area contributed by atoms with Crippen LogP contribution in [0.25, 0.3) is 0 Å². The van der Waals surface area contributed by atoms with Crippen molar-refractivity contribution < 1.29 is 10.2 Å². The zero-order chi connectivity index (χ0) is 12.2. The number of anilines is 1. The van der Waals surface area contributed by atoms with Crippen molar-refractivity contribution in [1.29, 1.82) is 0 Å². The van der Waals surface area contributed by atoms with Gasteiger partial charge in [0, 0.05) is 24.8 Å². The summed E-state index contributed by atoms with van der Waals surface area (Å²) in [6.07, 6.45) is 11.2. The Morgan fingerprint density at radius 1 is 1.05 bits per heavy atom. The molecule has 0 radical (unpaired) electrons. The van der Waals surface area contributed by atoms with Crippen LogP contribution in [0.3, 0.4) is 0 Å². The first-order chi connectivity index (χ1) is 8.92. The molecule has 1 aromatic carbocycles. The van der Waals surface area contributed by atoms with Crippen LogP contribution in [0.1, 0.15) is 25.7 Å². The Kier molecular flexibility index (Phi) is 4.63. The molecule has 19 heavy (non-hydrogen) atoms. The highest BCUT2D eigenvalue weighted by molar-refractivity contribution is 5.51. The summed E-state index contributed by atoms with van der Waals surface area (Å²) in [5, 5.41) is 0. The van der Waals surface area contributed by atoms with E-state index in [0.29, 0.717) is 0 Å². The van der Waals surface area contributed by atoms with Crippen molar-refractivity contribution in [2.75, 3.05) is 18.0 Å². The minimum atomic E-state index is 0. The number of allylic oxidation sites excluding steroid dienone is 3. The van der Waals surface area contributed by atoms with Gasteiger partial charge in [0.05, 0.1) is 0 Å². The summed E-state index contributed by atoms with van der Waals surface area (Å²) < 4.78 is 5.90. The van der Waals surface area contributed by atoms with Gasteiger partial charge in [0.1, 0.15) is 11.5 Å². The summed E-state index contributed by atoms with van der Waals surface area (Å²) in [6, 6.07) is 8.43. The smallest absolute Gasteiger partial charge is 0.129 e. The van der Waals surface area contributed by atoms with Gasteiger partial charge in [-0.3, -0.25) is 0 Å². The first-order valence-corrected chi connectivity index (χ1v) is 6.81. The third-order valence-electron chi connectivity index (χ3n) is 3.49. The van der Waals surface area contributed by atoms with Crippen molar-refractivity contribution in [1.82, 2.24) is 0 Å². The molecule has 1 saturated heterocycles. The van der Waals surface area contributed by atoms with Crippen molar-refractivity contribution >= 4 is 5.69 Å². The predicted octanol–water partition coefficient (Wildman–Crippen LogP) is 3.07. The standard InChI is InChI=1S/C16H19NO.H2O/c1-2-8-15(9-3-1)18-16-10-6-7-14(13-16)17-11-4-5-12-17;/h2,6-10,13H,1,3-5,11-12H2;1H2. The summed E-state index contributed by atoms with van der Waals surface area (Å²) in [5.41, 5.74) is 1.28. The van der Waals surface area contributed by atoms with Crippen LogP contribution in [0, 0.1) is 0 Å². The quantitative estimate of drug-likeness (QED) is 0.837. The Labute approximate surface area is 114 Å². The Bertz CT molecular complexity index is 473. The molecule has 1 fully saturated rings. The molecule has 0 aromatic heterocycles. The van der Waals surface area contributed by atoms with E-state index >= 15 is 0 Å². The third kappa shape index (κ3) is 3.38. The molecule has 3 nitrogen and oxygen atoms in total. The molecule has 2 aliphatic rings. The topological polar surface area (TPSA) is 44.0 Å². The Morgan fingerprint density at radius 3 is 2.63 bits per heavy atom. The molecule has 1 aliphatic heterocycles. The largest absolute Gasteiger partial charge is 0.458 e. The number of hydrogen-bond acceptors (Lipinski definition) is 2. The van der Waals surface area contributed by atoms with Gasteiger partial charge in [-0.1, -0.05) is 12.1 Å². The minimum Gasteiger partial charge on any atom is -0.458 e. The summed E-state index contributed by atoms with van der Waals surface area (Å²) in [7, 11) is 0. The molecular weight excluding hydrogens is 238 g/mol. The first-order valence-electron chi connectivity index (χ1n) is 6.81. The normalized spacial score (nSPS) is 17.9. The van der Waals surface area contributed by atoms with E-state index in [1.54, 1.807) is 0 Å². The molecule has 102 valence electrons. The molecule has 3 rings (SSSR count). The molecular formula is C16H21NO2. The third-order valence-corrected chi connectivity index (χ3v) is 3.49. The van der Waals surface area contributed by atoms with Gasteiger partial charge in [-0.25, -0.2) is 0 Å². The van der Waals surface area contributed by atoms with E-state index in [0.717, 1.165) is 24.4 Å². The molecule has 0 bridgehead atoms. The lowest BCUT2D eigenvalue weighted by Crippen LogP contribution is -2.17. The second kappa shape index (κ2) is 6.43. The van der Waals surface area contributed by atoms with Crippen molar-refractivity contribution in [3.05, 3.63) is 48.3 Å². The average Bonchev–Trinajstić information content (AvgIpc) is 2.94. The molecule has 2 N–H and O–H groups in total. The lowest BCUT2D eigenvalue weighted by Gasteiger charge is -2.18. The van der Waals surface area contributed by atoms with Gasteiger partial charge < -0.3 is 15.1 Å². The molecule has 0 unspecified atom stereocenters. The van der Waals surface area contributed by atoms with Gasteiger partial charge in [-0.15, -0.1) is 0 Å². The maximum absolute atomic E-state index is 5.90. The maximum Gasteiger partial charge on any atom is 0.129 e. The molecule has 3 heteroatoms. The lowest BCUT2D eigenvalue weighted by molar-refractivity contribution is 0.439. The highest BCUT2D eigenvalue weighted by Gasteiger charge is 2.12. The van der Waals surface area contributed by atoms with Crippen LogP contribution in [0.2, 0.25) is 0 Å². The number of nitrogens with zero attached hydrogens (tertiary/aromatic N) is 1. The number of rotatable bonds is 3. The van der Waals surface area contributed by atoms with E-state index in [1.807, 2.05) is 6.07 Å². The second-order valence-electron chi connectivity index (χ2n) is 4.88. The van der Waals surface area contributed by atoms with E-state index in [9.17, 15) is 0 Å². The van der Waals surface area contributed by atoms with E-state index < -0.39 is 0 Å². The number of benzene rings is 1. The van der Waals surface area contributed by atoms with Crippen LogP contribution in [0.5, 0.6) is 5.75 Å². The fraction of sp³-hybridized carbons (Fsp3) is 0.375. The summed E-state index contributed by atoms with van der Waals surface area (Å²) in [5.74, 6) is 1.91. The predicted molar refractivity (Wildman–Crippen MR) is 78.6 cm³/mol. The molecule has 1 aliphatic carbocycles. The zero-order valence-electron chi connectivity index (χ0n) is 11.1. The van der Waals surface area contributed by atoms with Crippen LogP contribution < -0.4 is 9.64 Å². The average molecular weight is 259 g/mol. The lowest BCUT2D eigenvalue weighted by atomic mass is 10.2. The van der Waals surface area contributed by atoms with Crippen molar-refractivity contribution in [3.8, 4) is 5.75 Å². The molecule has 1 heterocycles.